The molecule has 6 heteroatoms. The Hall–Kier alpha value is -1.56. The van der Waals surface area contributed by atoms with Crippen molar-refractivity contribution < 1.29 is 4.74 Å². The molecular formula is C12H16N4OS. The van der Waals surface area contributed by atoms with Crippen LogP contribution in [0.15, 0.2) is 29.4 Å². The van der Waals surface area contributed by atoms with Crippen molar-refractivity contribution in [2.75, 3.05) is 12.9 Å². The summed E-state index contributed by atoms with van der Waals surface area (Å²) in [6.07, 6.45) is 2.33. The van der Waals surface area contributed by atoms with E-state index < -0.39 is 0 Å². The van der Waals surface area contributed by atoms with Gasteiger partial charge in [0.15, 0.2) is 0 Å². The third-order valence-electron chi connectivity index (χ3n) is 2.48. The molecule has 0 atom stereocenters. The Morgan fingerprint density at radius 2 is 2.17 bits per heavy atom. The molecule has 0 bridgehead atoms. The average molecular weight is 264 g/mol. The van der Waals surface area contributed by atoms with E-state index in [0.717, 1.165) is 28.8 Å². The van der Waals surface area contributed by atoms with Crippen LogP contribution in [0.25, 0.3) is 5.69 Å². The summed E-state index contributed by atoms with van der Waals surface area (Å²) in [5.41, 5.74) is 0.865. The zero-order valence-corrected chi connectivity index (χ0v) is 11.4. The maximum atomic E-state index is 5.32. The number of aromatic nitrogens is 4. The minimum Gasteiger partial charge on any atom is -0.494 e. The topological polar surface area (TPSA) is 52.8 Å². The predicted molar refractivity (Wildman–Crippen MR) is 71.3 cm³/mol. The molecule has 0 fully saturated rings. The van der Waals surface area contributed by atoms with Gasteiger partial charge in [0.25, 0.3) is 0 Å². The van der Waals surface area contributed by atoms with Gasteiger partial charge in [-0.3, -0.25) is 0 Å². The molecule has 0 saturated carbocycles. The minimum atomic E-state index is 0.766. The molecule has 1 aromatic carbocycles. The Kier molecular flexibility index (Phi) is 4.58. The SMILES string of the molecule is CCCCSc1nnnn1-c1ccccc1OC. The van der Waals surface area contributed by atoms with Crippen molar-refractivity contribution in [2.45, 2.75) is 24.9 Å². The van der Waals surface area contributed by atoms with E-state index in [4.69, 9.17) is 4.74 Å². The van der Waals surface area contributed by atoms with E-state index >= 15 is 0 Å². The number of hydrogen-bond acceptors (Lipinski definition) is 5. The van der Waals surface area contributed by atoms with Gasteiger partial charge in [-0.25, -0.2) is 0 Å². The molecule has 5 nitrogen and oxygen atoms in total. The Bertz CT molecular complexity index is 500. The first-order chi connectivity index (χ1) is 8.86. The van der Waals surface area contributed by atoms with Gasteiger partial charge in [0.2, 0.25) is 5.16 Å². The second-order valence-electron chi connectivity index (χ2n) is 3.75. The molecule has 96 valence electrons. The number of thioether (sulfide) groups is 1. The number of benzene rings is 1. The molecule has 0 N–H and O–H groups in total. The lowest BCUT2D eigenvalue weighted by atomic mass is 10.3. The third kappa shape index (κ3) is 2.81. The molecule has 0 radical (unpaired) electrons. The standard InChI is InChI=1S/C12H16N4OS/c1-3-4-9-18-12-13-14-15-16(12)10-7-5-6-8-11(10)17-2/h5-8H,3-4,9H2,1-2H3. The molecule has 0 amide bonds. The zero-order valence-electron chi connectivity index (χ0n) is 10.5. The lowest BCUT2D eigenvalue weighted by Gasteiger charge is -2.08. The number of methoxy groups -OCH3 is 1. The average Bonchev–Trinajstić information content (AvgIpc) is 2.87. The largest absolute Gasteiger partial charge is 0.494 e. The van der Waals surface area contributed by atoms with Crippen LogP contribution >= 0.6 is 11.8 Å². The van der Waals surface area contributed by atoms with Gasteiger partial charge in [0.1, 0.15) is 11.4 Å². The Labute approximate surface area is 111 Å². The van der Waals surface area contributed by atoms with Crippen LogP contribution in [0, 0.1) is 0 Å². The predicted octanol–water partition coefficient (Wildman–Crippen LogP) is 2.56. The molecule has 0 aliphatic carbocycles. The number of hydrogen-bond donors (Lipinski definition) is 0. The Morgan fingerprint density at radius 3 is 2.94 bits per heavy atom. The molecule has 0 spiro atoms. The fourth-order valence-corrected chi connectivity index (χ4v) is 2.50. The molecule has 0 aliphatic heterocycles. The second-order valence-corrected chi connectivity index (χ2v) is 4.81. The summed E-state index contributed by atoms with van der Waals surface area (Å²) in [4.78, 5) is 0. The van der Waals surface area contributed by atoms with Crippen molar-refractivity contribution >= 4 is 11.8 Å². The van der Waals surface area contributed by atoms with Gasteiger partial charge in [0, 0.05) is 5.75 Å². The highest BCUT2D eigenvalue weighted by molar-refractivity contribution is 7.99. The van der Waals surface area contributed by atoms with Crippen LogP contribution in [-0.2, 0) is 0 Å². The van der Waals surface area contributed by atoms with E-state index in [9.17, 15) is 0 Å². The lowest BCUT2D eigenvalue weighted by Crippen LogP contribution is -2.02. The maximum Gasteiger partial charge on any atom is 0.214 e. The monoisotopic (exact) mass is 264 g/mol. The van der Waals surface area contributed by atoms with Crippen molar-refractivity contribution in [3.8, 4) is 11.4 Å². The summed E-state index contributed by atoms with van der Waals surface area (Å²) in [6, 6.07) is 7.72. The second kappa shape index (κ2) is 6.39. The first kappa shape index (κ1) is 12.9. The molecule has 2 aromatic rings. The molecule has 2 rings (SSSR count). The number of para-hydroxylation sites is 2. The molecule has 0 saturated heterocycles. The van der Waals surface area contributed by atoms with Crippen molar-refractivity contribution in [1.82, 2.24) is 20.2 Å². The number of ether oxygens (including phenoxy) is 1. The van der Waals surface area contributed by atoms with E-state index in [1.54, 1.807) is 23.6 Å². The molecule has 0 aliphatic rings. The summed E-state index contributed by atoms with van der Waals surface area (Å²) in [6.45, 7) is 2.17. The zero-order chi connectivity index (χ0) is 12.8. The minimum absolute atomic E-state index is 0.766. The Balaban J connectivity index is 2.25. The van der Waals surface area contributed by atoms with E-state index in [-0.39, 0.29) is 0 Å². The van der Waals surface area contributed by atoms with Crippen LogP contribution in [0.1, 0.15) is 19.8 Å². The van der Waals surface area contributed by atoms with Crippen LogP contribution < -0.4 is 4.74 Å². The van der Waals surface area contributed by atoms with Gasteiger partial charge < -0.3 is 4.74 Å². The van der Waals surface area contributed by atoms with Gasteiger partial charge in [-0.1, -0.05) is 37.2 Å². The summed E-state index contributed by atoms with van der Waals surface area (Å²) in [7, 11) is 1.65. The van der Waals surface area contributed by atoms with Crippen molar-refractivity contribution in [3.63, 3.8) is 0 Å². The molecular weight excluding hydrogens is 248 g/mol. The molecule has 0 unspecified atom stereocenters. The summed E-state index contributed by atoms with van der Waals surface area (Å²) < 4.78 is 7.05. The van der Waals surface area contributed by atoms with Crippen molar-refractivity contribution in [3.05, 3.63) is 24.3 Å². The maximum absolute atomic E-state index is 5.32. The number of rotatable bonds is 6. The summed E-state index contributed by atoms with van der Waals surface area (Å²) >= 11 is 1.66. The van der Waals surface area contributed by atoms with Crippen LogP contribution in [0.3, 0.4) is 0 Å². The highest BCUT2D eigenvalue weighted by atomic mass is 32.2. The summed E-state index contributed by atoms with van der Waals surface area (Å²) in [5, 5.41) is 12.6. The van der Waals surface area contributed by atoms with E-state index in [1.807, 2.05) is 24.3 Å². The fourth-order valence-electron chi connectivity index (χ4n) is 1.53. The highest BCUT2D eigenvalue weighted by Gasteiger charge is 2.12. The highest BCUT2D eigenvalue weighted by Crippen LogP contribution is 2.25. The number of unbranched alkanes of at least 4 members (excludes halogenated alkanes) is 1. The first-order valence-corrected chi connectivity index (χ1v) is 6.90. The van der Waals surface area contributed by atoms with Crippen LogP contribution in [-0.4, -0.2) is 33.1 Å². The fraction of sp³-hybridized carbons (Fsp3) is 0.417. The van der Waals surface area contributed by atoms with E-state index in [1.165, 1.54) is 6.42 Å². The molecule has 1 heterocycles. The van der Waals surface area contributed by atoms with E-state index in [2.05, 4.69) is 22.4 Å². The number of nitrogens with zero attached hydrogens (tertiary/aromatic N) is 4. The van der Waals surface area contributed by atoms with Crippen LogP contribution in [0.2, 0.25) is 0 Å². The normalized spacial score (nSPS) is 10.6. The quantitative estimate of drug-likeness (QED) is 0.593. The van der Waals surface area contributed by atoms with Gasteiger partial charge in [-0.05, 0) is 29.0 Å². The van der Waals surface area contributed by atoms with Crippen LogP contribution in [0.4, 0.5) is 0 Å². The van der Waals surface area contributed by atoms with Gasteiger partial charge in [0.05, 0.1) is 7.11 Å². The van der Waals surface area contributed by atoms with Crippen molar-refractivity contribution in [1.29, 1.82) is 0 Å². The van der Waals surface area contributed by atoms with Gasteiger partial charge >= 0.3 is 0 Å². The smallest absolute Gasteiger partial charge is 0.214 e. The lowest BCUT2D eigenvalue weighted by molar-refractivity contribution is 0.410. The third-order valence-corrected chi connectivity index (χ3v) is 3.49. The number of tetrazole rings is 1. The van der Waals surface area contributed by atoms with Crippen molar-refractivity contribution in [2.24, 2.45) is 0 Å². The molecule has 18 heavy (non-hydrogen) atoms. The first-order valence-electron chi connectivity index (χ1n) is 5.91. The van der Waals surface area contributed by atoms with E-state index in [0.29, 0.717) is 0 Å². The van der Waals surface area contributed by atoms with Gasteiger partial charge in [-0.15, -0.1) is 5.10 Å². The summed E-state index contributed by atoms with van der Waals surface area (Å²) in [5.74, 6) is 1.79. The van der Waals surface area contributed by atoms with Crippen LogP contribution in [0.5, 0.6) is 5.75 Å². The Morgan fingerprint density at radius 1 is 1.33 bits per heavy atom. The molecule has 1 aromatic heterocycles. The van der Waals surface area contributed by atoms with Gasteiger partial charge in [-0.2, -0.15) is 4.68 Å².